The van der Waals surface area contributed by atoms with Gasteiger partial charge in [0.15, 0.2) is 0 Å². The van der Waals surface area contributed by atoms with Gasteiger partial charge in [0.2, 0.25) is 0 Å². The molecule has 0 heterocycles. The zero-order valence-electron chi connectivity index (χ0n) is 10.8. The molecule has 0 aliphatic rings. The second-order valence-electron chi connectivity index (χ2n) is 4.26. The first kappa shape index (κ1) is 13.8. The molecular weight excluding hydrogens is 216 g/mol. The summed E-state index contributed by atoms with van der Waals surface area (Å²) in [6.45, 7) is 4.41. The van der Waals surface area contributed by atoms with E-state index >= 15 is 0 Å². The van der Waals surface area contributed by atoms with Crippen molar-refractivity contribution in [1.29, 1.82) is 0 Å². The highest BCUT2D eigenvalue weighted by atomic mass is 16.5. The number of likely N-dealkylation sites (N-methyl/N-ethyl adjacent to an activating group) is 1. The molecule has 2 N–H and O–H groups in total. The molecule has 0 spiro atoms. The molecule has 0 bridgehead atoms. The maximum absolute atomic E-state index is 5.71. The lowest BCUT2D eigenvalue weighted by Gasteiger charge is -2.18. The van der Waals surface area contributed by atoms with Gasteiger partial charge in [0.05, 0.1) is 7.11 Å². The lowest BCUT2D eigenvalue weighted by Crippen LogP contribution is -2.35. The molecule has 1 rings (SSSR count). The number of ether oxygens (including phenoxy) is 2. The van der Waals surface area contributed by atoms with Gasteiger partial charge in [-0.05, 0) is 38.2 Å². The minimum atomic E-state index is 0.195. The van der Waals surface area contributed by atoms with Gasteiger partial charge in [-0.3, -0.25) is 0 Å². The molecule has 96 valence electrons. The molecule has 0 amide bonds. The van der Waals surface area contributed by atoms with Gasteiger partial charge in [-0.1, -0.05) is 0 Å². The molecule has 0 aromatic heterocycles. The molecule has 0 saturated heterocycles. The number of benzene rings is 1. The summed E-state index contributed by atoms with van der Waals surface area (Å²) in [5.41, 5.74) is 5.71. The summed E-state index contributed by atoms with van der Waals surface area (Å²) in [7, 11) is 3.69. The van der Waals surface area contributed by atoms with Crippen molar-refractivity contribution in [3.63, 3.8) is 0 Å². The number of methoxy groups -OCH3 is 1. The smallest absolute Gasteiger partial charge is 0.119 e. The van der Waals surface area contributed by atoms with E-state index in [1.54, 1.807) is 7.11 Å². The maximum atomic E-state index is 5.71. The topological polar surface area (TPSA) is 47.7 Å². The molecule has 0 aliphatic heterocycles. The number of rotatable bonds is 7. The van der Waals surface area contributed by atoms with Crippen LogP contribution in [-0.4, -0.2) is 44.8 Å². The van der Waals surface area contributed by atoms with Crippen molar-refractivity contribution in [2.24, 2.45) is 5.73 Å². The van der Waals surface area contributed by atoms with Gasteiger partial charge in [-0.25, -0.2) is 0 Å². The molecule has 0 fully saturated rings. The fraction of sp³-hybridized carbons (Fsp3) is 0.538. The lowest BCUT2D eigenvalue weighted by molar-refractivity contribution is 0.231. The molecule has 1 aromatic carbocycles. The zero-order valence-corrected chi connectivity index (χ0v) is 10.8. The van der Waals surface area contributed by atoms with Crippen LogP contribution in [-0.2, 0) is 0 Å². The Labute approximate surface area is 103 Å². The van der Waals surface area contributed by atoms with Crippen LogP contribution in [0.1, 0.15) is 6.92 Å². The van der Waals surface area contributed by atoms with E-state index in [9.17, 15) is 0 Å². The monoisotopic (exact) mass is 238 g/mol. The van der Waals surface area contributed by atoms with E-state index in [0.717, 1.165) is 24.6 Å². The predicted molar refractivity (Wildman–Crippen MR) is 69.6 cm³/mol. The third-order valence-corrected chi connectivity index (χ3v) is 2.40. The molecule has 1 unspecified atom stereocenters. The zero-order chi connectivity index (χ0) is 12.7. The van der Waals surface area contributed by atoms with Crippen LogP contribution >= 0.6 is 0 Å². The highest BCUT2D eigenvalue weighted by Gasteiger charge is 2.02. The van der Waals surface area contributed by atoms with Crippen LogP contribution in [0.4, 0.5) is 0 Å². The van der Waals surface area contributed by atoms with Crippen molar-refractivity contribution in [2.45, 2.75) is 13.0 Å². The van der Waals surface area contributed by atoms with Crippen LogP contribution in [0.2, 0.25) is 0 Å². The van der Waals surface area contributed by atoms with E-state index in [-0.39, 0.29) is 6.04 Å². The Kier molecular flexibility index (Phi) is 5.80. The van der Waals surface area contributed by atoms with Gasteiger partial charge in [-0.2, -0.15) is 0 Å². The van der Waals surface area contributed by atoms with E-state index in [0.29, 0.717) is 6.61 Å². The number of nitrogens with two attached hydrogens (primary N) is 1. The first-order valence-corrected chi connectivity index (χ1v) is 5.83. The summed E-state index contributed by atoms with van der Waals surface area (Å²) in [5, 5.41) is 0. The first-order chi connectivity index (χ1) is 8.11. The van der Waals surface area contributed by atoms with Crippen LogP contribution in [0.3, 0.4) is 0 Å². The third kappa shape index (κ3) is 5.56. The van der Waals surface area contributed by atoms with Crippen molar-refractivity contribution in [3.05, 3.63) is 24.3 Å². The summed E-state index contributed by atoms with van der Waals surface area (Å²) in [5.74, 6) is 1.70. The summed E-state index contributed by atoms with van der Waals surface area (Å²) >= 11 is 0. The van der Waals surface area contributed by atoms with Crippen LogP contribution in [0.25, 0.3) is 0 Å². The molecule has 0 saturated carbocycles. The van der Waals surface area contributed by atoms with Gasteiger partial charge in [0.25, 0.3) is 0 Å². The highest BCUT2D eigenvalue weighted by Crippen LogP contribution is 2.16. The third-order valence-electron chi connectivity index (χ3n) is 2.40. The van der Waals surface area contributed by atoms with Gasteiger partial charge in [-0.15, -0.1) is 0 Å². The van der Waals surface area contributed by atoms with Crippen molar-refractivity contribution in [3.8, 4) is 11.5 Å². The summed E-state index contributed by atoms with van der Waals surface area (Å²) in [4.78, 5) is 2.16. The normalized spacial score (nSPS) is 12.5. The van der Waals surface area contributed by atoms with Gasteiger partial charge in [0.1, 0.15) is 18.1 Å². The second kappa shape index (κ2) is 7.14. The van der Waals surface area contributed by atoms with Crippen LogP contribution in [0, 0.1) is 0 Å². The first-order valence-electron chi connectivity index (χ1n) is 5.83. The average Bonchev–Trinajstić information content (AvgIpc) is 2.29. The Morgan fingerprint density at radius 1 is 1.24 bits per heavy atom. The minimum Gasteiger partial charge on any atom is -0.497 e. The van der Waals surface area contributed by atoms with Crippen molar-refractivity contribution in [1.82, 2.24) is 4.90 Å². The maximum Gasteiger partial charge on any atom is 0.119 e. The van der Waals surface area contributed by atoms with E-state index in [2.05, 4.69) is 4.90 Å². The van der Waals surface area contributed by atoms with Gasteiger partial charge < -0.3 is 20.1 Å². The molecule has 4 heteroatoms. The lowest BCUT2D eigenvalue weighted by atomic mass is 10.3. The van der Waals surface area contributed by atoms with E-state index < -0.39 is 0 Å². The summed E-state index contributed by atoms with van der Waals surface area (Å²) in [6, 6.07) is 7.79. The number of nitrogens with zero attached hydrogens (tertiary/aromatic N) is 1. The Balaban J connectivity index is 2.25. The minimum absolute atomic E-state index is 0.195. The Morgan fingerprint density at radius 2 is 1.82 bits per heavy atom. The van der Waals surface area contributed by atoms with E-state index in [1.165, 1.54) is 0 Å². The fourth-order valence-corrected chi connectivity index (χ4v) is 1.57. The second-order valence-corrected chi connectivity index (χ2v) is 4.26. The van der Waals surface area contributed by atoms with Crippen LogP contribution in [0.5, 0.6) is 11.5 Å². The van der Waals surface area contributed by atoms with Crippen LogP contribution in [0.15, 0.2) is 24.3 Å². The van der Waals surface area contributed by atoms with Crippen LogP contribution < -0.4 is 15.2 Å². The Morgan fingerprint density at radius 3 is 2.35 bits per heavy atom. The summed E-state index contributed by atoms with van der Waals surface area (Å²) < 4.78 is 10.7. The van der Waals surface area contributed by atoms with Crippen molar-refractivity contribution >= 4 is 0 Å². The SMILES string of the molecule is COc1ccc(OCCN(C)CC(C)N)cc1. The van der Waals surface area contributed by atoms with Gasteiger partial charge in [0, 0.05) is 19.1 Å². The highest BCUT2D eigenvalue weighted by molar-refractivity contribution is 5.31. The van der Waals surface area contributed by atoms with Crippen molar-refractivity contribution < 1.29 is 9.47 Å². The Bertz CT molecular complexity index is 312. The fourth-order valence-electron chi connectivity index (χ4n) is 1.57. The van der Waals surface area contributed by atoms with E-state index in [1.807, 2.05) is 38.2 Å². The molecule has 1 atom stereocenters. The molecule has 4 nitrogen and oxygen atoms in total. The van der Waals surface area contributed by atoms with Crippen molar-refractivity contribution in [2.75, 3.05) is 33.9 Å². The van der Waals surface area contributed by atoms with E-state index in [4.69, 9.17) is 15.2 Å². The molecule has 1 aromatic rings. The average molecular weight is 238 g/mol. The largest absolute Gasteiger partial charge is 0.497 e. The number of hydrogen-bond acceptors (Lipinski definition) is 4. The molecular formula is C13H22N2O2. The number of hydrogen-bond donors (Lipinski definition) is 1. The quantitative estimate of drug-likeness (QED) is 0.779. The summed E-state index contributed by atoms with van der Waals surface area (Å²) in [6.07, 6.45) is 0. The predicted octanol–water partition coefficient (Wildman–Crippen LogP) is 1.35. The van der Waals surface area contributed by atoms with Gasteiger partial charge >= 0.3 is 0 Å². The Hall–Kier alpha value is -1.26. The molecule has 0 aliphatic carbocycles. The standard InChI is InChI=1S/C13H22N2O2/c1-11(14)10-15(2)8-9-17-13-6-4-12(16-3)5-7-13/h4-7,11H,8-10,14H2,1-3H3. The molecule has 0 radical (unpaired) electrons. The molecule has 17 heavy (non-hydrogen) atoms.